The van der Waals surface area contributed by atoms with Gasteiger partial charge in [0.05, 0.1) is 12.7 Å². The molecule has 0 amide bonds. The molecule has 7 nitrogen and oxygen atoms in total. The van der Waals surface area contributed by atoms with Crippen LogP contribution in [0.4, 0.5) is 5.69 Å². The summed E-state index contributed by atoms with van der Waals surface area (Å²) in [7, 11) is 1.60. The Kier molecular flexibility index (Phi) is 7.31. The fraction of sp³-hybridized carbons (Fsp3) is 0.500. The van der Waals surface area contributed by atoms with Gasteiger partial charge in [-0.05, 0) is 81.1 Å². The number of carboxylic acid groups (broad SMARTS) is 1. The number of hydrogen-bond donors (Lipinski definition) is 3. The number of ether oxygens (including phenoxy) is 1. The number of rotatable bonds is 7. The van der Waals surface area contributed by atoms with E-state index in [1.165, 1.54) is 11.8 Å². The Labute approximate surface area is 205 Å². The lowest BCUT2D eigenvalue weighted by molar-refractivity contribution is -0.148. The number of aromatic hydroxyl groups is 1. The highest BCUT2D eigenvalue weighted by Gasteiger charge is 2.55. The third-order valence-electron chi connectivity index (χ3n) is 7.25. The molecule has 3 N–H and O–H groups in total. The zero-order valence-electron chi connectivity index (χ0n) is 19.9. The van der Waals surface area contributed by atoms with Crippen LogP contribution in [0.5, 0.6) is 11.5 Å². The predicted octanol–water partition coefficient (Wildman–Crippen LogP) is 3.62. The molecule has 0 aliphatic carbocycles. The summed E-state index contributed by atoms with van der Waals surface area (Å²) in [5, 5.41) is 31.3. The van der Waals surface area contributed by atoms with Crippen molar-refractivity contribution in [2.24, 2.45) is 0 Å². The second-order valence-electron chi connectivity index (χ2n) is 9.43. The van der Waals surface area contributed by atoms with Crippen LogP contribution in [0.3, 0.4) is 0 Å². The van der Waals surface area contributed by atoms with Crippen LogP contribution >= 0.6 is 11.8 Å². The van der Waals surface area contributed by atoms with Gasteiger partial charge in [0.1, 0.15) is 16.2 Å². The molecule has 0 saturated carbocycles. The summed E-state index contributed by atoms with van der Waals surface area (Å²) in [5.74, 6) is -0.00280. The molecule has 4 rings (SSSR count). The van der Waals surface area contributed by atoms with Crippen LogP contribution in [0, 0.1) is 0 Å². The first-order valence-electron chi connectivity index (χ1n) is 11.8. The van der Waals surface area contributed by atoms with E-state index in [1.54, 1.807) is 26.2 Å². The van der Waals surface area contributed by atoms with Crippen LogP contribution in [0.1, 0.15) is 31.7 Å². The molecule has 0 aromatic heterocycles. The van der Waals surface area contributed by atoms with Gasteiger partial charge in [0.15, 0.2) is 0 Å². The molecule has 2 aromatic rings. The minimum atomic E-state index is -1.34. The first kappa shape index (κ1) is 24.7. The van der Waals surface area contributed by atoms with Crippen LogP contribution in [0.2, 0.25) is 0 Å². The summed E-state index contributed by atoms with van der Waals surface area (Å²) in [6.45, 7) is 6.02. The molecule has 34 heavy (non-hydrogen) atoms. The fourth-order valence-electron chi connectivity index (χ4n) is 4.99. The molecule has 2 atom stereocenters. The summed E-state index contributed by atoms with van der Waals surface area (Å²) in [4.78, 5) is 18.2. The molecule has 2 aliphatic rings. The molecule has 1 fully saturated rings. The highest BCUT2D eigenvalue weighted by atomic mass is 32.2. The number of anilines is 1. The first-order chi connectivity index (χ1) is 16.2. The molecule has 8 heteroatoms. The van der Waals surface area contributed by atoms with Crippen LogP contribution in [-0.4, -0.2) is 76.4 Å². The monoisotopic (exact) mass is 486 g/mol. The molecule has 0 bridgehead atoms. The number of nitrogens with zero attached hydrogens (tertiary/aromatic N) is 2. The lowest BCUT2D eigenvalue weighted by Crippen LogP contribution is -2.55. The number of hydrogen-bond acceptors (Lipinski definition) is 7. The zero-order valence-corrected chi connectivity index (χ0v) is 20.7. The van der Waals surface area contributed by atoms with Crippen LogP contribution in [0.15, 0.2) is 47.4 Å². The van der Waals surface area contributed by atoms with Crippen molar-refractivity contribution in [2.75, 3.05) is 44.7 Å². The van der Waals surface area contributed by atoms with Crippen molar-refractivity contribution in [1.82, 2.24) is 4.90 Å². The van der Waals surface area contributed by atoms with Gasteiger partial charge in [0.2, 0.25) is 0 Å². The van der Waals surface area contributed by atoms with Gasteiger partial charge in [0, 0.05) is 36.8 Å². The number of aliphatic hydroxyl groups is 1. The number of fused-ring (bicyclic) bond motifs is 1. The molecule has 2 aliphatic heterocycles. The minimum Gasteiger partial charge on any atom is -0.508 e. The number of phenolic OH excluding ortho intramolecular Hbond substituents is 1. The number of carbonyl (C=O) groups is 1. The highest BCUT2D eigenvalue weighted by molar-refractivity contribution is 8.01. The van der Waals surface area contributed by atoms with E-state index < -0.39 is 16.3 Å². The van der Waals surface area contributed by atoms with Crippen molar-refractivity contribution in [3.63, 3.8) is 0 Å². The quantitative estimate of drug-likeness (QED) is 0.547. The second-order valence-corrected chi connectivity index (χ2v) is 10.8. The first-order valence-corrected chi connectivity index (χ1v) is 12.6. The van der Waals surface area contributed by atoms with Crippen molar-refractivity contribution in [2.45, 2.75) is 47.9 Å². The Morgan fingerprint density at radius 2 is 1.82 bits per heavy atom. The number of piperazine rings is 1. The average Bonchev–Trinajstić information content (AvgIpc) is 2.94. The van der Waals surface area contributed by atoms with E-state index in [-0.39, 0.29) is 5.75 Å². The molecular formula is C26H34N2O5S. The number of methoxy groups -OCH3 is 1. The summed E-state index contributed by atoms with van der Waals surface area (Å²) < 4.78 is 4.04. The molecule has 0 spiro atoms. The molecular weight excluding hydrogens is 452 g/mol. The van der Waals surface area contributed by atoms with Crippen molar-refractivity contribution in [3.05, 3.63) is 48.0 Å². The van der Waals surface area contributed by atoms with E-state index >= 15 is 0 Å². The summed E-state index contributed by atoms with van der Waals surface area (Å²) >= 11 is 1.28. The van der Waals surface area contributed by atoms with E-state index in [2.05, 4.69) is 9.80 Å². The Morgan fingerprint density at radius 1 is 1.12 bits per heavy atom. The maximum atomic E-state index is 12.7. The molecule has 2 heterocycles. The molecule has 1 saturated heterocycles. The number of thioether (sulfide) groups is 1. The minimum absolute atomic E-state index is 0.267. The topological polar surface area (TPSA) is 93.5 Å². The number of aryl methyl sites for hydroxylation is 1. The van der Waals surface area contributed by atoms with E-state index in [0.717, 1.165) is 48.9 Å². The maximum absolute atomic E-state index is 12.7. The normalized spacial score (nSPS) is 25.4. The van der Waals surface area contributed by atoms with Crippen molar-refractivity contribution < 1.29 is 24.9 Å². The Hall–Kier alpha value is -2.42. The third-order valence-corrected chi connectivity index (χ3v) is 9.01. The Bertz CT molecular complexity index is 1000. The van der Waals surface area contributed by atoms with E-state index in [9.17, 15) is 20.1 Å². The zero-order chi connectivity index (χ0) is 24.3. The lowest BCUT2D eigenvalue weighted by atomic mass is 9.80. The average molecular weight is 487 g/mol. The van der Waals surface area contributed by atoms with Gasteiger partial charge in [-0.25, -0.2) is 0 Å². The number of phenols is 1. The number of benzene rings is 2. The van der Waals surface area contributed by atoms with Crippen molar-refractivity contribution in [1.29, 1.82) is 0 Å². The van der Waals surface area contributed by atoms with Crippen LogP contribution in [-0.2, 0) is 11.2 Å². The summed E-state index contributed by atoms with van der Waals surface area (Å²) in [5.41, 5.74) is 0.815. The molecule has 2 unspecified atom stereocenters. The van der Waals surface area contributed by atoms with E-state index in [0.29, 0.717) is 31.4 Å². The number of carboxylic acids is 1. The van der Waals surface area contributed by atoms with Gasteiger partial charge in [-0.2, -0.15) is 0 Å². The van der Waals surface area contributed by atoms with Gasteiger partial charge < -0.3 is 25.0 Å². The predicted molar refractivity (Wildman–Crippen MR) is 134 cm³/mol. The van der Waals surface area contributed by atoms with Gasteiger partial charge in [-0.3, -0.25) is 9.69 Å². The van der Waals surface area contributed by atoms with E-state index in [4.69, 9.17) is 4.74 Å². The summed E-state index contributed by atoms with van der Waals surface area (Å²) in [6, 6.07) is 13.0. The smallest absolute Gasteiger partial charge is 0.323 e. The summed E-state index contributed by atoms with van der Waals surface area (Å²) in [6.07, 6.45) is 2.10. The Morgan fingerprint density at radius 3 is 2.47 bits per heavy atom. The molecule has 0 radical (unpaired) electrons. The standard InChI is InChI=1S/C26H34N2O5S/c1-25(32)12-10-19-4-9-22(33-2)18-23(19)34-26(25,24(30)31)11-3-13-27-14-16-28(17-15-27)20-5-7-21(29)8-6-20/h4-9,18,29,32H,3,10-17H2,1-2H3,(H,30,31). The highest BCUT2D eigenvalue weighted by Crippen LogP contribution is 2.50. The SMILES string of the molecule is COc1ccc2c(c1)SC(CCCN1CCN(c3ccc(O)cc3)CC1)(C(=O)O)C(C)(O)CC2. The molecule has 184 valence electrons. The number of aliphatic carboxylic acids is 1. The van der Waals surface area contributed by atoms with Crippen LogP contribution in [0.25, 0.3) is 0 Å². The largest absolute Gasteiger partial charge is 0.508 e. The maximum Gasteiger partial charge on any atom is 0.323 e. The van der Waals surface area contributed by atoms with E-state index in [1.807, 2.05) is 30.3 Å². The van der Waals surface area contributed by atoms with Gasteiger partial charge in [-0.1, -0.05) is 6.07 Å². The lowest BCUT2D eigenvalue weighted by Gasteiger charge is -2.41. The van der Waals surface area contributed by atoms with Crippen molar-refractivity contribution >= 4 is 23.4 Å². The van der Waals surface area contributed by atoms with Gasteiger partial charge in [-0.15, -0.1) is 11.8 Å². The fourth-order valence-corrected chi connectivity index (χ4v) is 6.49. The third kappa shape index (κ3) is 4.99. The van der Waals surface area contributed by atoms with Crippen LogP contribution < -0.4 is 9.64 Å². The second kappa shape index (κ2) is 10.1. The Balaban J connectivity index is 1.41. The van der Waals surface area contributed by atoms with Crippen molar-refractivity contribution in [3.8, 4) is 11.5 Å². The molecule has 2 aromatic carbocycles. The van der Waals surface area contributed by atoms with Gasteiger partial charge >= 0.3 is 5.97 Å². The van der Waals surface area contributed by atoms with Gasteiger partial charge in [0.25, 0.3) is 0 Å².